The fraction of sp³-hybridized carbons (Fsp3) is 0.714. The van der Waals surface area contributed by atoms with Crippen molar-refractivity contribution in [2.45, 2.75) is 32.2 Å². The third-order valence-electron chi connectivity index (χ3n) is 1.33. The number of rotatable bonds is 5. The van der Waals surface area contributed by atoms with Crippen molar-refractivity contribution in [3.8, 4) is 0 Å². The average Bonchev–Trinajstić information content (AvgIpc) is 1.97. The summed E-state index contributed by atoms with van der Waals surface area (Å²) < 4.78 is 0. The molecule has 0 amide bonds. The van der Waals surface area contributed by atoms with Crippen LogP contribution in [0.2, 0.25) is 0 Å². The number of guanidine groups is 1. The van der Waals surface area contributed by atoms with E-state index in [1.54, 1.807) is 0 Å². The minimum Gasteiger partial charge on any atom is -0.370 e. The monoisotopic (exact) mass is 157 g/mol. The second-order valence-corrected chi connectivity index (χ2v) is 2.40. The molecule has 0 spiro atoms. The lowest BCUT2D eigenvalue weighted by molar-refractivity contribution is -0.109. The minimum absolute atomic E-state index is 0.0156. The molecule has 4 N–H and O–H groups in total. The van der Waals surface area contributed by atoms with Crippen LogP contribution < -0.4 is 11.5 Å². The smallest absolute Gasteiger partial charge is 0.186 e. The fourth-order valence-electron chi connectivity index (χ4n) is 0.768. The molecule has 0 aromatic carbocycles. The summed E-state index contributed by atoms with van der Waals surface area (Å²) >= 11 is 0. The number of unbranched alkanes of at least 4 members (excludes halogenated alkanes) is 1. The second kappa shape index (κ2) is 5.70. The average molecular weight is 157 g/mol. The van der Waals surface area contributed by atoms with Crippen molar-refractivity contribution >= 4 is 12.2 Å². The van der Waals surface area contributed by atoms with Crippen LogP contribution in [0.5, 0.6) is 0 Å². The topological polar surface area (TPSA) is 81.5 Å². The number of carbonyl (C=O) groups excluding carboxylic acids is 1. The number of carbonyl (C=O) groups is 1. The molecule has 0 aliphatic rings. The summed E-state index contributed by atoms with van der Waals surface area (Å²) in [4.78, 5) is 14.1. The Morgan fingerprint density at radius 2 is 2.27 bits per heavy atom. The van der Waals surface area contributed by atoms with Crippen molar-refractivity contribution in [2.75, 3.05) is 0 Å². The lowest BCUT2D eigenvalue weighted by Crippen LogP contribution is -2.26. The summed E-state index contributed by atoms with van der Waals surface area (Å²) in [5, 5.41) is 0. The van der Waals surface area contributed by atoms with E-state index >= 15 is 0 Å². The zero-order chi connectivity index (χ0) is 8.69. The molecule has 64 valence electrons. The first-order valence-corrected chi connectivity index (χ1v) is 3.74. The van der Waals surface area contributed by atoms with Crippen molar-refractivity contribution in [1.82, 2.24) is 0 Å². The van der Waals surface area contributed by atoms with E-state index in [4.69, 9.17) is 11.5 Å². The van der Waals surface area contributed by atoms with E-state index in [2.05, 4.69) is 11.9 Å². The largest absolute Gasteiger partial charge is 0.370 e. The Balaban J connectivity index is 3.76. The summed E-state index contributed by atoms with van der Waals surface area (Å²) in [5.74, 6) is -0.0156. The molecule has 4 heteroatoms. The molecule has 0 aromatic heterocycles. The Morgan fingerprint density at radius 3 is 2.64 bits per heavy atom. The maximum Gasteiger partial charge on any atom is 0.186 e. The maximum atomic E-state index is 10.3. The van der Waals surface area contributed by atoms with Crippen molar-refractivity contribution in [2.24, 2.45) is 16.5 Å². The van der Waals surface area contributed by atoms with Crippen molar-refractivity contribution in [1.29, 1.82) is 0 Å². The highest BCUT2D eigenvalue weighted by Crippen LogP contribution is 2.01. The molecular weight excluding hydrogens is 142 g/mol. The molecule has 1 atom stereocenters. The molecule has 0 rings (SSSR count). The molecule has 0 fully saturated rings. The van der Waals surface area contributed by atoms with E-state index in [1.165, 1.54) is 0 Å². The maximum absolute atomic E-state index is 10.3. The lowest BCUT2D eigenvalue weighted by Gasteiger charge is -2.02. The van der Waals surface area contributed by atoms with E-state index in [1.807, 2.05) is 0 Å². The zero-order valence-corrected chi connectivity index (χ0v) is 6.79. The first-order valence-electron chi connectivity index (χ1n) is 3.74. The fourth-order valence-corrected chi connectivity index (χ4v) is 0.768. The van der Waals surface area contributed by atoms with Gasteiger partial charge in [-0.2, -0.15) is 0 Å². The molecular formula is C7H15N3O. The Kier molecular flexibility index (Phi) is 5.15. The molecule has 1 unspecified atom stereocenters. The van der Waals surface area contributed by atoms with Gasteiger partial charge in [-0.1, -0.05) is 19.8 Å². The molecule has 4 nitrogen and oxygen atoms in total. The van der Waals surface area contributed by atoms with E-state index in [9.17, 15) is 4.79 Å². The van der Waals surface area contributed by atoms with E-state index in [0.717, 1.165) is 25.5 Å². The predicted octanol–water partition coefficient (Wildman–Crippen LogP) is 0.0175. The van der Waals surface area contributed by atoms with Gasteiger partial charge in [0.2, 0.25) is 0 Å². The quantitative estimate of drug-likeness (QED) is 0.335. The van der Waals surface area contributed by atoms with Gasteiger partial charge < -0.3 is 16.3 Å². The molecule has 0 aromatic rings. The van der Waals surface area contributed by atoms with Gasteiger partial charge >= 0.3 is 0 Å². The number of nitrogens with two attached hydrogens (primary N) is 2. The second-order valence-electron chi connectivity index (χ2n) is 2.40. The van der Waals surface area contributed by atoms with Gasteiger partial charge in [-0.25, -0.2) is 4.99 Å². The van der Waals surface area contributed by atoms with Crippen LogP contribution in [0.1, 0.15) is 26.2 Å². The van der Waals surface area contributed by atoms with Crippen LogP contribution in [-0.4, -0.2) is 18.3 Å². The number of aliphatic imine (C=N–C) groups is 1. The Bertz CT molecular complexity index is 141. The number of nitrogens with zero attached hydrogens (tertiary/aromatic N) is 1. The lowest BCUT2D eigenvalue weighted by atomic mass is 10.1. The standard InChI is InChI=1S/C7H15N3O/c1-2-3-4-6(5-11)10-7(8)9/h5-6H,2-4H2,1H3,(H4,8,9,10). The van der Waals surface area contributed by atoms with Crippen molar-refractivity contribution in [3.05, 3.63) is 0 Å². The first kappa shape index (κ1) is 9.94. The Hall–Kier alpha value is -1.06. The van der Waals surface area contributed by atoms with E-state index in [0.29, 0.717) is 0 Å². The highest BCUT2D eigenvalue weighted by molar-refractivity contribution is 5.78. The minimum atomic E-state index is -0.347. The zero-order valence-electron chi connectivity index (χ0n) is 6.79. The number of aldehydes is 1. The molecule has 11 heavy (non-hydrogen) atoms. The van der Waals surface area contributed by atoms with Gasteiger partial charge in [0.1, 0.15) is 12.3 Å². The van der Waals surface area contributed by atoms with Crippen LogP contribution in [0.3, 0.4) is 0 Å². The summed E-state index contributed by atoms with van der Waals surface area (Å²) in [7, 11) is 0. The van der Waals surface area contributed by atoms with Crippen molar-refractivity contribution < 1.29 is 4.79 Å². The van der Waals surface area contributed by atoms with Gasteiger partial charge in [0.15, 0.2) is 5.96 Å². The summed E-state index contributed by atoms with van der Waals surface area (Å²) in [6.07, 6.45) is 3.53. The number of hydrogen-bond donors (Lipinski definition) is 2. The molecule has 0 heterocycles. The van der Waals surface area contributed by atoms with Crippen molar-refractivity contribution in [3.63, 3.8) is 0 Å². The summed E-state index contributed by atoms with van der Waals surface area (Å²) in [6.45, 7) is 2.05. The molecule has 0 bridgehead atoms. The van der Waals surface area contributed by atoms with Crippen LogP contribution >= 0.6 is 0 Å². The number of hydrogen-bond acceptors (Lipinski definition) is 2. The predicted molar refractivity (Wildman–Crippen MR) is 45.2 cm³/mol. The highest BCUT2D eigenvalue weighted by atomic mass is 16.1. The summed E-state index contributed by atoms with van der Waals surface area (Å²) in [5.41, 5.74) is 10.2. The van der Waals surface area contributed by atoms with Gasteiger partial charge in [0.05, 0.1) is 0 Å². The molecule has 0 aliphatic carbocycles. The highest BCUT2D eigenvalue weighted by Gasteiger charge is 2.02. The van der Waals surface area contributed by atoms with Crippen LogP contribution in [0, 0.1) is 0 Å². The normalized spacial score (nSPS) is 12.1. The van der Waals surface area contributed by atoms with Crippen LogP contribution in [0.15, 0.2) is 4.99 Å². The summed E-state index contributed by atoms with van der Waals surface area (Å²) in [6, 6.07) is -0.347. The molecule has 0 saturated carbocycles. The van der Waals surface area contributed by atoms with Gasteiger partial charge in [-0.05, 0) is 6.42 Å². The SMILES string of the molecule is CCCCC(C=O)N=C(N)N. The van der Waals surface area contributed by atoms with Gasteiger partial charge in [-0.3, -0.25) is 0 Å². The van der Waals surface area contributed by atoms with Crippen LogP contribution in [0.4, 0.5) is 0 Å². The molecule has 0 aliphatic heterocycles. The molecule has 0 saturated heterocycles. The van der Waals surface area contributed by atoms with Crippen LogP contribution in [-0.2, 0) is 4.79 Å². The molecule has 0 radical (unpaired) electrons. The van der Waals surface area contributed by atoms with Gasteiger partial charge in [-0.15, -0.1) is 0 Å². The Morgan fingerprint density at radius 1 is 1.64 bits per heavy atom. The van der Waals surface area contributed by atoms with E-state index < -0.39 is 0 Å². The Labute approximate surface area is 66.7 Å². The third-order valence-corrected chi connectivity index (χ3v) is 1.33. The first-order chi connectivity index (χ1) is 5.20. The van der Waals surface area contributed by atoms with Crippen LogP contribution in [0.25, 0.3) is 0 Å². The van der Waals surface area contributed by atoms with E-state index in [-0.39, 0.29) is 12.0 Å². The van der Waals surface area contributed by atoms with Gasteiger partial charge in [0.25, 0.3) is 0 Å². The third kappa shape index (κ3) is 5.39. The van der Waals surface area contributed by atoms with Gasteiger partial charge in [0, 0.05) is 0 Å².